The first kappa shape index (κ1) is 13.8. The van der Waals surface area contributed by atoms with E-state index in [2.05, 4.69) is 35.6 Å². The molecule has 0 spiro atoms. The minimum absolute atomic E-state index is 0.829. The molecule has 17 heavy (non-hydrogen) atoms. The highest BCUT2D eigenvalue weighted by Crippen LogP contribution is 2.14. The minimum Gasteiger partial charge on any atom is -0.399 e. The van der Waals surface area contributed by atoms with Crippen LogP contribution < -0.4 is 11.5 Å². The Labute approximate surface area is 116 Å². The summed E-state index contributed by atoms with van der Waals surface area (Å²) in [5.74, 6) is 0. The summed E-state index contributed by atoms with van der Waals surface area (Å²) in [6, 6.07) is 13.8. The molecule has 0 atom stereocenters. The molecule has 0 aromatic heterocycles. The van der Waals surface area contributed by atoms with Gasteiger partial charge in [0.2, 0.25) is 0 Å². The molecule has 2 nitrogen and oxygen atoms in total. The van der Waals surface area contributed by atoms with Crippen LogP contribution >= 0.6 is 22.6 Å². The van der Waals surface area contributed by atoms with E-state index >= 15 is 0 Å². The highest BCUT2D eigenvalue weighted by Gasteiger charge is 1.91. The molecule has 0 saturated heterocycles. The fourth-order valence-corrected chi connectivity index (χ4v) is 1.87. The second-order valence-electron chi connectivity index (χ2n) is 3.94. The van der Waals surface area contributed by atoms with E-state index in [0.717, 1.165) is 14.9 Å². The third-order valence-electron chi connectivity index (χ3n) is 2.23. The van der Waals surface area contributed by atoms with Gasteiger partial charge in [-0.3, -0.25) is 0 Å². The lowest BCUT2D eigenvalue weighted by molar-refractivity contribution is 1.45. The smallest absolute Gasteiger partial charge is 0.0449 e. The number of halogens is 1. The van der Waals surface area contributed by atoms with E-state index in [-0.39, 0.29) is 0 Å². The summed E-state index contributed by atoms with van der Waals surface area (Å²) in [5, 5.41) is 0. The molecule has 3 heteroatoms. The lowest BCUT2D eigenvalue weighted by Crippen LogP contribution is -1.88. The Kier molecular flexibility index (Phi) is 5.28. The van der Waals surface area contributed by atoms with Crippen molar-refractivity contribution in [3.8, 4) is 0 Å². The van der Waals surface area contributed by atoms with E-state index in [0.29, 0.717) is 0 Å². The Morgan fingerprint density at radius 2 is 1.35 bits per heavy atom. The lowest BCUT2D eigenvalue weighted by Gasteiger charge is -1.96. The number of nitrogens with two attached hydrogens (primary N) is 2. The van der Waals surface area contributed by atoms with Gasteiger partial charge in [0, 0.05) is 14.9 Å². The second kappa shape index (κ2) is 6.49. The molecule has 0 heterocycles. The molecule has 0 saturated carbocycles. The third-order valence-corrected chi connectivity index (χ3v) is 3.17. The fraction of sp³-hybridized carbons (Fsp3) is 0.143. The van der Waals surface area contributed by atoms with Crippen LogP contribution in [0, 0.1) is 17.4 Å². The van der Waals surface area contributed by atoms with Gasteiger partial charge in [0.25, 0.3) is 0 Å². The molecule has 0 amide bonds. The van der Waals surface area contributed by atoms with Crippen LogP contribution in [0.1, 0.15) is 11.1 Å². The van der Waals surface area contributed by atoms with Gasteiger partial charge in [0.1, 0.15) is 0 Å². The Morgan fingerprint density at radius 1 is 0.824 bits per heavy atom. The van der Waals surface area contributed by atoms with Crippen LogP contribution in [-0.2, 0) is 0 Å². The number of nitrogen functional groups attached to an aromatic ring is 2. The van der Waals surface area contributed by atoms with Crippen LogP contribution in [0.5, 0.6) is 0 Å². The number of hydrogen-bond donors (Lipinski definition) is 2. The SMILES string of the molecule is Cc1ccc(N)c(I)c1.Cc1ccc(N)cc1. The summed E-state index contributed by atoms with van der Waals surface area (Å²) in [4.78, 5) is 0. The zero-order valence-corrected chi connectivity index (χ0v) is 12.2. The van der Waals surface area contributed by atoms with Crippen molar-refractivity contribution >= 4 is 34.0 Å². The van der Waals surface area contributed by atoms with Crippen molar-refractivity contribution in [2.45, 2.75) is 13.8 Å². The highest BCUT2D eigenvalue weighted by molar-refractivity contribution is 14.1. The van der Waals surface area contributed by atoms with Crippen molar-refractivity contribution in [3.63, 3.8) is 0 Å². The molecule has 0 aliphatic heterocycles. The van der Waals surface area contributed by atoms with E-state index in [9.17, 15) is 0 Å². The fourth-order valence-electron chi connectivity index (χ4n) is 1.20. The van der Waals surface area contributed by atoms with Gasteiger partial charge in [-0.05, 0) is 66.3 Å². The summed E-state index contributed by atoms with van der Waals surface area (Å²) < 4.78 is 1.13. The van der Waals surface area contributed by atoms with Gasteiger partial charge in [-0.25, -0.2) is 0 Å². The van der Waals surface area contributed by atoms with Crippen LogP contribution in [0.2, 0.25) is 0 Å². The molecule has 0 radical (unpaired) electrons. The van der Waals surface area contributed by atoms with E-state index in [1.807, 2.05) is 43.3 Å². The number of hydrogen-bond acceptors (Lipinski definition) is 2. The topological polar surface area (TPSA) is 52.0 Å². The van der Waals surface area contributed by atoms with E-state index < -0.39 is 0 Å². The minimum atomic E-state index is 0.829. The van der Waals surface area contributed by atoms with E-state index in [4.69, 9.17) is 11.5 Å². The first-order valence-electron chi connectivity index (χ1n) is 5.33. The summed E-state index contributed by atoms with van der Waals surface area (Å²) in [6.07, 6.45) is 0. The van der Waals surface area contributed by atoms with Crippen molar-refractivity contribution < 1.29 is 0 Å². The predicted octanol–water partition coefficient (Wildman–Crippen LogP) is 3.76. The lowest BCUT2D eigenvalue weighted by atomic mass is 10.2. The van der Waals surface area contributed by atoms with Crippen molar-refractivity contribution in [1.82, 2.24) is 0 Å². The Hall–Kier alpha value is -1.23. The zero-order valence-electron chi connectivity index (χ0n) is 10.1. The molecule has 0 bridgehead atoms. The van der Waals surface area contributed by atoms with Crippen LogP contribution in [-0.4, -0.2) is 0 Å². The maximum absolute atomic E-state index is 5.58. The van der Waals surface area contributed by atoms with Gasteiger partial charge in [0.05, 0.1) is 0 Å². The number of anilines is 2. The van der Waals surface area contributed by atoms with Gasteiger partial charge < -0.3 is 11.5 Å². The average molecular weight is 340 g/mol. The first-order chi connectivity index (χ1) is 7.99. The second-order valence-corrected chi connectivity index (χ2v) is 5.10. The molecule has 0 aliphatic carbocycles. The van der Waals surface area contributed by atoms with Gasteiger partial charge in [-0.2, -0.15) is 0 Å². The van der Waals surface area contributed by atoms with Gasteiger partial charge in [-0.1, -0.05) is 23.8 Å². The van der Waals surface area contributed by atoms with Crippen molar-refractivity contribution in [2.24, 2.45) is 0 Å². The first-order valence-corrected chi connectivity index (χ1v) is 6.40. The van der Waals surface area contributed by atoms with Crippen LogP contribution in [0.4, 0.5) is 11.4 Å². The molecule has 90 valence electrons. The van der Waals surface area contributed by atoms with Gasteiger partial charge >= 0.3 is 0 Å². The summed E-state index contributed by atoms with van der Waals surface area (Å²) >= 11 is 2.22. The molecular weight excluding hydrogens is 323 g/mol. The van der Waals surface area contributed by atoms with E-state index in [1.54, 1.807) is 0 Å². The molecule has 2 aromatic carbocycles. The van der Waals surface area contributed by atoms with Gasteiger partial charge in [0.15, 0.2) is 0 Å². The zero-order chi connectivity index (χ0) is 12.8. The maximum atomic E-state index is 5.58. The van der Waals surface area contributed by atoms with Crippen LogP contribution in [0.3, 0.4) is 0 Å². The number of rotatable bonds is 0. The van der Waals surface area contributed by atoms with Crippen LogP contribution in [0.15, 0.2) is 42.5 Å². The molecule has 0 unspecified atom stereocenters. The largest absolute Gasteiger partial charge is 0.399 e. The molecule has 0 fully saturated rings. The van der Waals surface area contributed by atoms with Crippen LogP contribution in [0.25, 0.3) is 0 Å². The molecule has 0 aliphatic rings. The normalized spacial score (nSPS) is 9.35. The van der Waals surface area contributed by atoms with Gasteiger partial charge in [-0.15, -0.1) is 0 Å². The predicted molar refractivity (Wildman–Crippen MR) is 83.9 cm³/mol. The molecule has 4 N–H and O–H groups in total. The molecule has 2 aromatic rings. The summed E-state index contributed by atoms with van der Waals surface area (Å²) in [7, 11) is 0. The van der Waals surface area contributed by atoms with Crippen molar-refractivity contribution in [3.05, 3.63) is 57.2 Å². The summed E-state index contributed by atoms with van der Waals surface area (Å²) in [6.45, 7) is 4.10. The Balaban J connectivity index is 0.000000171. The molecular formula is C14H17IN2. The van der Waals surface area contributed by atoms with Crippen molar-refractivity contribution in [1.29, 1.82) is 0 Å². The highest BCUT2D eigenvalue weighted by atomic mass is 127. The van der Waals surface area contributed by atoms with Crippen molar-refractivity contribution in [2.75, 3.05) is 11.5 Å². The average Bonchev–Trinajstić information content (AvgIpc) is 2.29. The number of benzene rings is 2. The summed E-state index contributed by atoms with van der Waals surface area (Å²) in [5.41, 5.74) is 15.2. The molecule has 2 rings (SSSR count). The third kappa shape index (κ3) is 5.08. The Bertz CT molecular complexity index is 457. The van der Waals surface area contributed by atoms with E-state index in [1.165, 1.54) is 11.1 Å². The monoisotopic (exact) mass is 340 g/mol. The standard InChI is InChI=1S/C7H8IN.C7H9N/c1-5-2-3-7(9)6(8)4-5;1-6-2-4-7(8)5-3-6/h2-4H,9H2,1H3;2-5H,8H2,1H3. The Morgan fingerprint density at radius 3 is 1.76 bits per heavy atom. The quantitative estimate of drug-likeness (QED) is 0.567. The number of aryl methyl sites for hydroxylation is 2. The maximum Gasteiger partial charge on any atom is 0.0449 e.